The van der Waals surface area contributed by atoms with Crippen LogP contribution in [-0.2, 0) is 16.1 Å². The van der Waals surface area contributed by atoms with Gasteiger partial charge in [0.05, 0.1) is 12.5 Å². The highest BCUT2D eigenvalue weighted by atomic mass is 16.4. The Morgan fingerprint density at radius 3 is 2.88 bits per heavy atom. The minimum atomic E-state index is -1.22. The van der Waals surface area contributed by atoms with E-state index in [-0.39, 0.29) is 31.4 Å². The highest BCUT2D eigenvalue weighted by Crippen LogP contribution is 2.40. The Labute approximate surface area is 149 Å². The molecule has 0 radical (unpaired) electrons. The van der Waals surface area contributed by atoms with Crippen LogP contribution in [0.2, 0.25) is 0 Å². The Bertz CT molecular complexity index is 879. The summed E-state index contributed by atoms with van der Waals surface area (Å²) in [6, 6.07) is 9.02. The van der Waals surface area contributed by atoms with Crippen molar-refractivity contribution in [1.82, 2.24) is 20.0 Å². The number of amides is 2. The van der Waals surface area contributed by atoms with Gasteiger partial charge >= 0.3 is 5.97 Å². The molecule has 2 N–H and O–H groups in total. The average Bonchev–Trinajstić information content (AvgIpc) is 3.33. The van der Waals surface area contributed by atoms with Crippen LogP contribution >= 0.6 is 0 Å². The molecule has 1 aromatic heterocycles. The Morgan fingerprint density at radius 1 is 1.35 bits per heavy atom. The van der Waals surface area contributed by atoms with Crippen molar-refractivity contribution in [2.75, 3.05) is 19.6 Å². The highest BCUT2D eigenvalue weighted by Gasteiger charge is 2.60. The number of hydrogen-bond donors (Lipinski definition) is 2. The molecule has 2 fully saturated rings. The van der Waals surface area contributed by atoms with E-state index in [0.717, 1.165) is 5.56 Å². The summed E-state index contributed by atoms with van der Waals surface area (Å²) in [6.07, 6.45) is 3.53. The lowest BCUT2D eigenvalue weighted by molar-refractivity contribution is -0.149. The van der Waals surface area contributed by atoms with Crippen LogP contribution < -0.4 is 5.32 Å². The van der Waals surface area contributed by atoms with E-state index in [2.05, 4.69) is 10.4 Å². The fraction of sp³-hybridized carbons (Fsp3) is 0.333. The summed E-state index contributed by atoms with van der Waals surface area (Å²) in [6.45, 7) is 0.765. The van der Waals surface area contributed by atoms with Crippen molar-refractivity contribution in [2.45, 2.75) is 6.54 Å². The smallest absolute Gasteiger partial charge is 0.314 e. The van der Waals surface area contributed by atoms with E-state index in [0.29, 0.717) is 12.1 Å². The van der Waals surface area contributed by atoms with Gasteiger partial charge in [0.1, 0.15) is 5.41 Å². The molecule has 0 spiro atoms. The maximum Gasteiger partial charge on any atom is 0.314 e. The Kier molecular flexibility index (Phi) is 3.75. The van der Waals surface area contributed by atoms with Gasteiger partial charge in [-0.2, -0.15) is 5.10 Å². The molecule has 2 aromatic rings. The van der Waals surface area contributed by atoms with Crippen molar-refractivity contribution in [2.24, 2.45) is 11.3 Å². The fourth-order valence-corrected chi connectivity index (χ4v) is 3.80. The van der Waals surface area contributed by atoms with Gasteiger partial charge in [-0.3, -0.25) is 19.1 Å². The van der Waals surface area contributed by atoms with Gasteiger partial charge in [0.2, 0.25) is 5.91 Å². The summed E-state index contributed by atoms with van der Waals surface area (Å²) in [5.74, 6) is -2.29. The van der Waals surface area contributed by atoms with Crippen molar-refractivity contribution in [1.29, 1.82) is 0 Å². The second kappa shape index (κ2) is 5.98. The largest absolute Gasteiger partial charge is 0.481 e. The third kappa shape index (κ3) is 2.54. The second-order valence-electron chi connectivity index (χ2n) is 6.82. The lowest BCUT2D eigenvalue weighted by atomic mass is 9.81. The van der Waals surface area contributed by atoms with E-state index < -0.39 is 17.3 Å². The van der Waals surface area contributed by atoms with E-state index in [9.17, 15) is 19.5 Å². The molecule has 2 amide bonds. The molecule has 2 aliphatic rings. The van der Waals surface area contributed by atoms with Gasteiger partial charge in [0.15, 0.2) is 0 Å². The molecule has 2 saturated heterocycles. The summed E-state index contributed by atoms with van der Waals surface area (Å²) < 4.78 is 1.76. The minimum Gasteiger partial charge on any atom is -0.481 e. The molecule has 26 heavy (non-hydrogen) atoms. The number of fused-ring (bicyclic) bond motifs is 1. The first-order chi connectivity index (χ1) is 12.5. The van der Waals surface area contributed by atoms with Crippen LogP contribution in [0, 0.1) is 11.3 Å². The maximum atomic E-state index is 12.9. The third-order valence-electron chi connectivity index (χ3n) is 5.23. The molecule has 3 heterocycles. The highest BCUT2D eigenvalue weighted by molar-refractivity contribution is 5.98. The standard InChI is InChI=1S/C18H18N4O4/c23-15-14-9-21(11-18(14,10-19-15)17(25)26)16(24)13-4-1-3-12(7-13)8-22-6-2-5-20-22/h1-7,14H,8-11H2,(H,19,23)(H,25,26)/t14-,18+/m1/s1. The monoisotopic (exact) mass is 354 g/mol. The lowest BCUT2D eigenvalue weighted by Crippen LogP contribution is -2.41. The summed E-state index contributed by atoms with van der Waals surface area (Å²) in [4.78, 5) is 38.1. The molecule has 1 aromatic carbocycles. The normalized spacial score (nSPS) is 24.4. The lowest BCUT2D eigenvalue weighted by Gasteiger charge is -2.22. The number of hydrogen-bond acceptors (Lipinski definition) is 4. The van der Waals surface area contributed by atoms with E-state index in [1.54, 1.807) is 29.1 Å². The number of aliphatic carboxylic acids is 1. The van der Waals surface area contributed by atoms with Crippen LogP contribution in [0.5, 0.6) is 0 Å². The second-order valence-corrected chi connectivity index (χ2v) is 6.82. The van der Waals surface area contributed by atoms with Crippen LogP contribution in [0.3, 0.4) is 0 Å². The minimum absolute atomic E-state index is 0.0357. The number of carboxylic acid groups (broad SMARTS) is 1. The van der Waals surface area contributed by atoms with Crippen molar-refractivity contribution in [3.05, 3.63) is 53.9 Å². The van der Waals surface area contributed by atoms with Gasteiger partial charge in [-0.05, 0) is 23.8 Å². The number of rotatable bonds is 4. The molecule has 0 unspecified atom stereocenters. The number of likely N-dealkylation sites (tertiary alicyclic amines) is 1. The molecule has 134 valence electrons. The molecule has 4 rings (SSSR count). The number of carbonyl (C=O) groups excluding carboxylic acids is 2. The van der Waals surface area contributed by atoms with Gasteiger partial charge in [-0.15, -0.1) is 0 Å². The van der Waals surface area contributed by atoms with E-state index in [4.69, 9.17) is 0 Å². The number of carbonyl (C=O) groups is 3. The number of carboxylic acids is 1. The molecular formula is C18H18N4O4. The van der Waals surface area contributed by atoms with Gasteiger partial charge < -0.3 is 15.3 Å². The van der Waals surface area contributed by atoms with Crippen molar-refractivity contribution < 1.29 is 19.5 Å². The number of nitrogens with one attached hydrogen (secondary N) is 1. The summed E-state index contributed by atoms with van der Waals surface area (Å²) in [7, 11) is 0. The number of benzene rings is 1. The quantitative estimate of drug-likeness (QED) is 0.816. The first-order valence-corrected chi connectivity index (χ1v) is 8.36. The van der Waals surface area contributed by atoms with Crippen molar-refractivity contribution in [3.8, 4) is 0 Å². The number of aromatic nitrogens is 2. The van der Waals surface area contributed by atoms with Crippen LogP contribution in [0.15, 0.2) is 42.7 Å². The van der Waals surface area contributed by atoms with E-state index in [1.165, 1.54) is 4.90 Å². The van der Waals surface area contributed by atoms with Crippen molar-refractivity contribution in [3.63, 3.8) is 0 Å². The zero-order chi connectivity index (χ0) is 18.3. The summed E-state index contributed by atoms with van der Waals surface area (Å²) in [5.41, 5.74) is 0.180. The first kappa shape index (κ1) is 16.3. The Hall–Kier alpha value is -3.16. The average molecular weight is 354 g/mol. The fourth-order valence-electron chi connectivity index (χ4n) is 3.80. The predicted molar refractivity (Wildman–Crippen MR) is 90.2 cm³/mol. The molecule has 2 atom stereocenters. The number of nitrogens with zero attached hydrogens (tertiary/aromatic N) is 3. The van der Waals surface area contributed by atoms with Gasteiger partial charge in [-0.25, -0.2) is 0 Å². The topological polar surface area (TPSA) is 105 Å². The van der Waals surface area contributed by atoms with Gasteiger partial charge in [-0.1, -0.05) is 12.1 Å². The van der Waals surface area contributed by atoms with Gasteiger partial charge in [0.25, 0.3) is 5.91 Å². The molecule has 8 heteroatoms. The summed E-state index contributed by atoms with van der Waals surface area (Å²) in [5, 5.41) is 16.4. The predicted octanol–water partition coefficient (Wildman–Crippen LogP) is 0.204. The van der Waals surface area contributed by atoms with Crippen LogP contribution in [0.4, 0.5) is 0 Å². The van der Waals surface area contributed by atoms with E-state index in [1.807, 2.05) is 18.3 Å². The molecule has 8 nitrogen and oxygen atoms in total. The zero-order valence-corrected chi connectivity index (χ0v) is 14.0. The van der Waals surface area contributed by atoms with Crippen LogP contribution in [0.1, 0.15) is 15.9 Å². The maximum absolute atomic E-state index is 12.9. The molecular weight excluding hydrogens is 336 g/mol. The molecule has 0 aliphatic carbocycles. The molecule has 0 saturated carbocycles. The third-order valence-corrected chi connectivity index (χ3v) is 5.23. The van der Waals surface area contributed by atoms with E-state index >= 15 is 0 Å². The van der Waals surface area contributed by atoms with Crippen LogP contribution in [-0.4, -0.2) is 57.2 Å². The van der Waals surface area contributed by atoms with Crippen LogP contribution in [0.25, 0.3) is 0 Å². The summed E-state index contributed by atoms with van der Waals surface area (Å²) >= 11 is 0. The SMILES string of the molecule is O=C1NC[C@]2(C(=O)O)CN(C(=O)c3cccc(Cn4cccn4)c3)C[C@H]12. The van der Waals surface area contributed by atoms with Gasteiger partial charge in [0, 0.05) is 37.6 Å². The Morgan fingerprint density at radius 2 is 2.19 bits per heavy atom. The van der Waals surface area contributed by atoms with Crippen molar-refractivity contribution >= 4 is 17.8 Å². The zero-order valence-electron chi connectivity index (χ0n) is 14.0. The molecule has 0 bridgehead atoms. The Balaban J connectivity index is 1.55. The first-order valence-electron chi connectivity index (χ1n) is 8.36. The molecule has 2 aliphatic heterocycles.